The maximum Gasteiger partial charge on any atom is 0.341 e. The Balaban J connectivity index is 1.47. The van der Waals surface area contributed by atoms with Crippen LogP contribution >= 0.6 is 0 Å². The van der Waals surface area contributed by atoms with E-state index in [4.69, 9.17) is 4.42 Å². The predicted molar refractivity (Wildman–Crippen MR) is 144 cm³/mol. The largest absolute Gasteiger partial charge is 0.477 e. The minimum Gasteiger partial charge on any atom is -0.477 e. The molecule has 2 fully saturated rings. The predicted octanol–water partition coefficient (Wildman–Crippen LogP) is 4.66. The number of carboxylic acids is 1. The Hall–Kier alpha value is -4.58. The third-order valence-electron chi connectivity index (χ3n) is 7.47. The number of aromatic nitrogens is 2. The van der Waals surface area contributed by atoms with E-state index in [9.17, 15) is 20.0 Å². The van der Waals surface area contributed by atoms with Crippen molar-refractivity contribution in [2.45, 2.75) is 26.2 Å². The zero-order valence-corrected chi connectivity index (χ0v) is 21.1. The topological polar surface area (TPSA) is 116 Å². The number of oxazole rings is 1. The van der Waals surface area contributed by atoms with E-state index in [2.05, 4.69) is 27.8 Å². The molecular weight excluding hydrogens is 482 g/mol. The molecule has 192 valence electrons. The molecule has 0 saturated carbocycles. The number of carboxylic acid groups (broad SMARTS) is 1. The number of nitriles is 1. The van der Waals surface area contributed by atoms with Gasteiger partial charge in [0.2, 0.25) is 0 Å². The van der Waals surface area contributed by atoms with Crippen LogP contribution in [0.25, 0.3) is 28.0 Å². The van der Waals surface area contributed by atoms with Crippen LogP contribution in [0.4, 0.5) is 11.7 Å². The minimum absolute atomic E-state index is 0.340. The minimum atomic E-state index is -1.30. The summed E-state index contributed by atoms with van der Waals surface area (Å²) in [5, 5.41) is 19.5. The quantitative estimate of drug-likeness (QED) is 0.413. The maximum atomic E-state index is 12.8. The molecule has 1 N–H and O–H groups in total. The van der Waals surface area contributed by atoms with Crippen LogP contribution in [0, 0.1) is 17.2 Å². The number of nitrogens with zero attached hydrogens (tertiary/aromatic N) is 5. The molecule has 1 atom stereocenters. The summed E-state index contributed by atoms with van der Waals surface area (Å²) < 4.78 is 7.76. The summed E-state index contributed by atoms with van der Waals surface area (Å²) >= 11 is 0. The molecule has 6 rings (SSSR count). The first-order chi connectivity index (χ1) is 18.4. The van der Waals surface area contributed by atoms with Crippen LogP contribution in [0.3, 0.4) is 0 Å². The van der Waals surface area contributed by atoms with Gasteiger partial charge in [-0.05, 0) is 49.4 Å². The maximum absolute atomic E-state index is 12.8. The van der Waals surface area contributed by atoms with Crippen LogP contribution in [-0.2, 0) is 0 Å². The molecule has 1 unspecified atom stereocenters. The van der Waals surface area contributed by atoms with Gasteiger partial charge in [0.1, 0.15) is 17.1 Å². The van der Waals surface area contributed by atoms with Gasteiger partial charge in [0.15, 0.2) is 11.0 Å². The van der Waals surface area contributed by atoms with Crippen molar-refractivity contribution in [2.75, 3.05) is 36.0 Å². The molecule has 4 heterocycles. The smallest absolute Gasteiger partial charge is 0.341 e. The molecule has 0 radical (unpaired) electrons. The standard InChI is InChI=1S/C29H27N5O4/c1-18-8-11-33(16-18)29-31-23-6-5-21(13-27(23)38-29)34-17-22(28(36)37)26(35)14-25(34)19-4-7-24(20(12-19)15-30)32-9-2-3-10-32/h4-7,12-14,17-18H,2-3,8-11,16H2,1H3,(H,36,37). The van der Waals surface area contributed by atoms with Crippen LogP contribution in [0.15, 0.2) is 57.9 Å². The van der Waals surface area contributed by atoms with E-state index in [-0.39, 0.29) is 5.56 Å². The number of pyridine rings is 1. The third-order valence-corrected chi connectivity index (χ3v) is 7.47. The highest BCUT2D eigenvalue weighted by molar-refractivity contribution is 5.88. The van der Waals surface area contributed by atoms with Crippen LogP contribution in [0.5, 0.6) is 0 Å². The Morgan fingerprint density at radius 2 is 1.92 bits per heavy atom. The highest BCUT2D eigenvalue weighted by Gasteiger charge is 2.24. The number of carbonyl (C=O) groups is 1. The lowest BCUT2D eigenvalue weighted by Crippen LogP contribution is -2.19. The van der Waals surface area contributed by atoms with Crippen molar-refractivity contribution in [3.8, 4) is 23.0 Å². The number of anilines is 2. The summed E-state index contributed by atoms with van der Waals surface area (Å²) in [6.45, 7) is 5.79. The van der Waals surface area contributed by atoms with Gasteiger partial charge in [-0.25, -0.2) is 4.79 Å². The molecule has 4 aromatic rings. The van der Waals surface area contributed by atoms with Crippen LogP contribution < -0.4 is 15.2 Å². The molecule has 2 saturated heterocycles. The fraction of sp³-hybridized carbons (Fsp3) is 0.310. The van der Waals surface area contributed by atoms with Crippen molar-refractivity contribution < 1.29 is 14.3 Å². The second-order valence-electron chi connectivity index (χ2n) is 10.1. The molecule has 2 aromatic carbocycles. The molecule has 2 aliphatic rings. The second kappa shape index (κ2) is 9.38. The Morgan fingerprint density at radius 3 is 2.63 bits per heavy atom. The van der Waals surface area contributed by atoms with Gasteiger partial charge < -0.3 is 23.9 Å². The van der Waals surface area contributed by atoms with E-state index in [1.807, 2.05) is 24.3 Å². The van der Waals surface area contributed by atoms with E-state index in [1.54, 1.807) is 16.7 Å². The van der Waals surface area contributed by atoms with E-state index in [1.165, 1.54) is 12.3 Å². The first-order valence-electron chi connectivity index (χ1n) is 12.9. The molecule has 38 heavy (non-hydrogen) atoms. The summed E-state index contributed by atoms with van der Waals surface area (Å²) in [5.74, 6) is -0.725. The highest BCUT2D eigenvalue weighted by atomic mass is 16.4. The normalized spacial score (nSPS) is 17.3. The lowest BCUT2D eigenvalue weighted by Gasteiger charge is -2.20. The fourth-order valence-electron chi connectivity index (χ4n) is 5.44. The fourth-order valence-corrected chi connectivity index (χ4v) is 5.44. The molecule has 9 heteroatoms. The van der Waals surface area contributed by atoms with E-state index in [0.717, 1.165) is 51.1 Å². The number of rotatable bonds is 5. The van der Waals surface area contributed by atoms with E-state index < -0.39 is 11.4 Å². The van der Waals surface area contributed by atoms with Crippen molar-refractivity contribution in [3.63, 3.8) is 0 Å². The molecular formula is C29H27N5O4. The van der Waals surface area contributed by atoms with Crippen molar-refractivity contribution in [1.29, 1.82) is 5.26 Å². The Morgan fingerprint density at radius 1 is 1.11 bits per heavy atom. The van der Waals surface area contributed by atoms with Crippen molar-refractivity contribution >= 4 is 28.8 Å². The number of hydrogen-bond donors (Lipinski definition) is 1. The lowest BCUT2D eigenvalue weighted by atomic mass is 10.0. The Labute approximate surface area is 219 Å². The zero-order valence-electron chi connectivity index (χ0n) is 21.1. The molecule has 0 amide bonds. The van der Waals surface area contributed by atoms with Gasteiger partial charge >= 0.3 is 5.97 Å². The molecule has 0 bridgehead atoms. The summed E-state index contributed by atoms with van der Waals surface area (Å²) in [7, 11) is 0. The van der Waals surface area contributed by atoms with Crippen molar-refractivity contribution in [2.24, 2.45) is 5.92 Å². The molecule has 0 spiro atoms. The van der Waals surface area contributed by atoms with Gasteiger partial charge in [-0.2, -0.15) is 10.2 Å². The van der Waals surface area contributed by atoms with Crippen LogP contribution in [0.1, 0.15) is 42.1 Å². The van der Waals surface area contributed by atoms with Crippen molar-refractivity contribution in [3.05, 3.63) is 70.0 Å². The zero-order chi connectivity index (χ0) is 26.4. The van der Waals surface area contributed by atoms with Crippen molar-refractivity contribution in [1.82, 2.24) is 9.55 Å². The van der Waals surface area contributed by atoms with Gasteiger partial charge in [0, 0.05) is 55.8 Å². The van der Waals surface area contributed by atoms with E-state index in [0.29, 0.717) is 45.5 Å². The average molecular weight is 510 g/mol. The molecule has 2 aliphatic heterocycles. The van der Waals surface area contributed by atoms with Gasteiger partial charge in [-0.3, -0.25) is 4.79 Å². The SMILES string of the molecule is CC1CCN(c2nc3ccc(-n4cc(C(=O)O)c(=O)cc4-c4ccc(N5CCCC5)c(C#N)c4)cc3o2)C1. The first kappa shape index (κ1) is 23.8. The summed E-state index contributed by atoms with van der Waals surface area (Å²) in [4.78, 5) is 33.6. The Bertz CT molecular complexity index is 1660. The number of aromatic carboxylic acids is 1. The Kier molecular flexibility index (Phi) is 5.87. The first-order valence-corrected chi connectivity index (χ1v) is 12.9. The summed E-state index contributed by atoms with van der Waals surface area (Å²) in [6, 6.07) is 15.2. The monoisotopic (exact) mass is 509 g/mol. The molecule has 0 aliphatic carbocycles. The average Bonchev–Trinajstić information content (AvgIpc) is 3.68. The van der Waals surface area contributed by atoms with Crippen LogP contribution in [-0.4, -0.2) is 46.8 Å². The van der Waals surface area contributed by atoms with Gasteiger partial charge in [0.05, 0.1) is 16.9 Å². The lowest BCUT2D eigenvalue weighted by molar-refractivity contribution is 0.0695. The summed E-state index contributed by atoms with van der Waals surface area (Å²) in [5.41, 5.74) is 3.46. The highest BCUT2D eigenvalue weighted by Crippen LogP contribution is 2.32. The second-order valence-corrected chi connectivity index (χ2v) is 10.1. The van der Waals surface area contributed by atoms with Gasteiger partial charge in [-0.1, -0.05) is 13.0 Å². The van der Waals surface area contributed by atoms with Gasteiger partial charge in [0.25, 0.3) is 6.01 Å². The summed E-state index contributed by atoms with van der Waals surface area (Å²) in [6.07, 6.45) is 4.60. The third kappa shape index (κ3) is 4.18. The van der Waals surface area contributed by atoms with E-state index >= 15 is 0 Å². The van der Waals surface area contributed by atoms with Gasteiger partial charge in [-0.15, -0.1) is 0 Å². The molecule has 2 aromatic heterocycles. The molecule has 9 nitrogen and oxygen atoms in total. The number of benzene rings is 2. The number of hydrogen-bond acceptors (Lipinski definition) is 7. The number of fused-ring (bicyclic) bond motifs is 1. The van der Waals surface area contributed by atoms with Crippen LogP contribution in [0.2, 0.25) is 0 Å².